The summed E-state index contributed by atoms with van der Waals surface area (Å²) in [6.45, 7) is 4.23. The summed E-state index contributed by atoms with van der Waals surface area (Å²) >= 11 is 1.29. The molecule has 2 heterocycles. The number of imidazole rings is 1. The van der Waals surface area contributed by atoms with E-state index >= 15 is 0 Å². The molecule has 0 amide bonds. The Bertz CT molecular complexity index is 1240. The molecule has 0 unspecified atom stereocenters. The summed E-state index contributed by atoms with van der Waals surface area (Å²) in [6.07, 6.45) is 8.87. The Balaban J connectivity index is 1.26. The minimum absolute atomic E-state index is 0.0650. The van der Waals surface area contributed by atoms with Gasteiger partial charge in [-0.3, -0.25) is 9.59 Å². The van der Waals surface area contributed by atoms with Crippen LogP contribution in [0, 0.1) is 28.6 Å². The molecule has 0 aliphatic heterocycles. The quantitative estimate of drug-likeness (QED) is 0.435. The number of aliphatic hydroxyl groups is 2. The molecule has 0 spiro atoms. The summed E-state index contributed by atoms with van der Waals surface area (Å²) in [6, 6.07) is 0. The van der Waals surface area contributed by atoms with Gasteiger partial charge in [0.05, 0.1) is 18.2 Å². The average molecular weight is 497 g/mol. The highest BCUT2D eigenvalue weighted by Gasteiger charge is 2.68. The molecule has 3 N–H and O–H groups in total. The second-order valence-corrected chi connectivity index (χ2v) is 12.4. The third-order valence-corrected chi connectivity index (χ3v) is 11.0. The molecule has 2 aromatic heterocycles. The van der Waals surface area contributed by atoms with Crippen LogP contribution in [-0.4, -0.2) is 59.2 Å². The number of allylic oxidation sites excluding steroid dienone is 1. The van der Waals surface area contributed by atoms with Crippen LogP contribution in [0.15, 0.2) is 29.3 Å². The number of carbonyl (C=O) groups is 2. The molecule has 0 radical (unpaired) electrons. The number of aliphatic hydroxyl groups excluding tert-OH is 1. The third-order valence-electron chi connectivity index (χ3n) is 10.0. The second-order valence-electron chi connectivity index (χ2n) is 11.5. The maximum Gasteiger partial charge on any atom is 0.181 e. The van der Waals surface area contributed by atoms with Gasteiger partial charge in [0.25, 0.3) is 0 Å². The van der Waals surface area contributed by atoms with Crippen molar-refractivity contribution in [1.29, 1.82) is 0 Å². The second kappa shape index (κ2) is 7.95. The minimum Gasteiger partial charge on any atom is -0.393 e. The molecule has 9 heteroatoms. The van der Waals surface area contributed by atoms with Crippen molar-refractivity contribution >= 4 is 34.5 Å². The summed E-state index contributed by atoms with van der Waals surface area (Å²) in [5.41, 5.74) is 0.0908. The molecule has 4 aliphatic carbocycles. The van der Waals surface area contributed by atoms with Crippen molar-refractivity contribution < 1.29 is 19.8 Å². The van der Waals surface area contributed by atoms with E-state index in [1.54, 1.807) is 6.33 Å². The summed E-state index contributed by atoms with van der Waals surface area (Å²) in [4.78, 5) is 41.3. The molecule has 0 bridgehead atoms. The van der Waals surface area contributed by atoms with E-state index in [-0.39, 0.29) is 40.5 Å². The molecule has 4 aliphatic rings. The molecule has 2 aromatic rings. The molecule has 186 valence electrons. The zero-order valence-electron chi connectivity index (χ0n) is 20.2. The fraction of sp³-hybridized carbons (Fsp3) is 0.654. The van der Waals surface area contributed by atoms with E-state index in [9.17, 15) is 19.8 Å². The van der Waals surface area contributed by atoms with Gasteiger partial charge in [-0.05, 0) is 67.8 Å². The Labute approximate surface area is 208 Å². The van der Waals surface area contributed by atoms with Crippen LogP contribution < -0.4 is 0 Å². The van der Waals surface area contributed by atoms with Crippen LogP contribution in [0.5, 0.6) is 0 Å². The van der Waals surface area contributed by atoms with E-state index < -0.39 is 17.1 Å². The molecule has 35 heavy (non-hydrogen) atoms. The standard InChI is InChI=1S/C26H32N4O4S/c1-24-7-5-15(31)9-14(24)3-4-16-17-6-8-26(34,25(17,2)10-18(32)20(16)24)19(33)11-35-23-21-22(28-12-27-21)29-13-30-23/h9,12-13,16-18,20,32,34H,3-8,10-11H2,1-2H3,(H,27,28,29,30)/t16-,17-,18-,20+,24-,25-,26+/m0/s1. The number of Topliss-reactive ketones (excluding diaryl/α,β-unsaturated/α-hetero) is 1. The number of H-pyrrole nitrogens is 1. The van der Waals surface area contributed by atoms with Gasteiger partial charge in [0.1, 0.15) is 22.5 Å². The summed E-state index contributed by atoms with van der Waals surface area (Å²) in [5.74, 6) is 0.566. The largest absolute Gasteiger partial charge is 0.393 e. The number of aromatic amines is 1. The SMILES string of the molecule is C[C@]12CCC(=O)C=C1CC[C@@H]1[C@@H]2[C@@H](O)C[C@@]2(C)[C@H]1CC[C@@]2(O)C(=O)CSc1ncnc2nc[nH]c12. The highest BCUT2D eigenvalue weighted by molar-refractivity contribution is 8.00. The Morgan fingerprint density at radius 2 is 2.03 bits per heavy atom. The normalized spacial score (nSPS) is 40.7. The number of nitrogens with one attached hydrogen (secondary N) is 1. The van der Waals surface area contributed by atoms with Crippen LogP contribution in [0.3, 0.4) is 0 Å². The van der Waals surface area contributed by atoms with Gasteiger partial charge in [0, 0.05) is 11.8 Å². The van der Waals surface area contributed by atoms with Gasteiger partial charge in [0.15, 0.2) is 17.2 Å². The van der Waals surface area contributed by atoms with Gasteiger partial charge in [-0.2, -0.15) is 0 Å². The lowest BCUT2D eigenvalue weighted by Crippen LogP contribution is -2.61. The first-order valence-corrected chi connectivity index (χ1v) is 13.6. The topological polar surface area (TPSA) is 129 Å². The number of rotatable bonds is 4. The Hall–Kier alpha value is -2.10. The molecular formula is C26H32N4O4S. The first-order valence-electron chi connectivity index (χ1n) is 12.6. The summed E-state index contributed by atoms with van der Waals surface area (Å²) in [7, 11) is 0. The van der Waals surface area contributed by atoms with E-state index in [2.05, 4.69) is 26.9 Å². The zero-order chi connectivity index (χ0) is 24.6. The van der Waals surface area contributed by atoms with E-state index in [1.807, 2.05) is 13.0 Å². The summed E-state index contributed by atoms with van der Waals surface area (Å²) < 4.78 is 0. The lowest BCUT2D eigenvalue weighted by Gasteiger charge is -2.60. The lowest BCUT2D eigenvalue weighted by molar-refractivity contribution is -0.178. The van der Waals surface area contributed by atoms with Crippen LogP contribution in [-0.2, 0) is 9.59 Å². The van der Waals surface area contributed by atoms with E-state index in [0.29, 0.717) is 35.5 Å². The maximum atomic E-state index is 13.6. The van der Waals surface area contributed by atoms with Gasteiger partial charge >= 0.3 is 0 Å². The Morgan fingerprint density at radius 1 is 1.20 bits per heavy atom. The fourth-order valence-corrected chi connectivity index (χ4v) is 9.18. The molecule has 6 rings (SSSR count). The maximum absolute atomic E-state index is 13.6. The van der Waals surface area contributed by atoms with Crippen molar-refractivity contribution in [3.63, 3.8) is 0 Å². The van der Waals surface area contributed by atoms with Crippen LogP contribution in [0.2, 0.25) is 0 Å². The molecule has 8 nitrogen and oxygen atoms in total. The smallest absolute Gasteiger partial charge is 0.181 e. The molecule has 0 saturated heterocycles. The number of hydrogen-bond donors (Lipinski definition) is 3. The Morgan fingerprint density at radius 3 is 2.86 bits per heavy atom. The summed E-state index contributed by atoms with van der Waals surface area (Å²) in [5, 5.41) is 24.1. The Kier molecular flexibility index (Phi) is 5.29. The van der Waals surface area contributed by atoms with Gasteiger partial charge in [-0.15, -0.1) is 0 Å². The molecule has 7 atom stereocenters. The van der Waals surface area contributed by atoms with Gasteiger partial charge in [-0.1, -0.05) is 31.2 Å². The lowest BCUT2D eigenvalue weighted by atomic mass is 9.45. The van der Waals surface area contributed by atoms with E-state index in [4.69, 9.17) is 0 Å². The van der Waals surface area contributed by atoms with E-state index in [0.717, 1.165) is 25.7 Å². The zero-order valence-corrected chi connectivity index (χ0v) is 21.0. The van der Waals surface area contributed by atoms with Crippen molar-refractivity contribution in [1.82, 2.24) is 19.9 Å². The van der Waals surface area contributed by atoms with Crippen LogP contribution >= 0.6 is 11.8 Å². The van der Waals surface area contributed by atoms with Crippen molar-refractivity contribution in [2.75, 3.05) is 5.75 Å². The number of aromatic nitrogens is 4. The monoisotopic (exact) mass is 496 g/mol. The van der Waals surface area contributed by atoms with Crippen molar-refractivity contribution in [3.8, 4) is 0 Å². The van der Waals surface area contributed by atoms with E-state index in [1.165, 1.54) is 23.7 Å². The molecule has 0 aromatic carbocycles. The minimum atomic E-state index is -1.48. The van der Waals surface area contributed by atoms with Crippen molar-refractivity contribution in [3.05, 3.63) is 24.3 Å². The fourth-order valence-electron chi connectivity index (χ4n) is 8.26. The van der Waals surface area contributed by atoms with Crippen LogP contribution in [0.25, 0.3) is 11.2 Å². The highest BCUT2D eigenvalue weighted by Crippen LogP contribution is 2.67. The van der Waals surface area contributed by atoms with Crippen LogP contribution in [0.4, 0.5) is 0 Å². The average Bonchev–Trinajstić information content (AvgIpc) is 3.41. The molecule has 3 saturated carbocycles. The highest BCUT2D eigenvalue weighted by atomic mass is 32.2. The molecule has 3 fully saturated rings. The first-order chi connectivity index (χ1) is 16.7. The van der Waals surface area contributed by atoms with Crippen LogP contribution in [0.1, 0.15) is 58.8 Å². The number of nitrogens with zero attached hydrogens (tertiary/aromatic N) is 3. The number of ketones is 2. The van der Waals surface area contributed by atoms with Gasteiger partial charge in [0.2, 0.25) is 0 Å². The number of carbonyl (C=O) groups excluding carboxylic acids is 2. The van der Waals surface area contributed by atoms with Crippen molar-refractivity contribution in [2.45, 2.75) is 75.5 Å². The van der Waals surface area contributed by atoms with Gasteiger partial charge in [-0.25, -0.2) is 15.0 Å². The number of fused-ring (bicyclic) bond motifs is 6. The van der Waals surface area contributed by atoms with Gasteiger partial charge < -0.3 is 15.2 Å². The van der Waals surface area contributed by atoms with Crippen molar-refractivity contribution in [2.24, 2.45) is 28.6 Å². The molecular weight excluding hydrogens is 464 g/mol. The third kappa shape index (κ3) is 3.23. The predicted octanol–water partition coefficient (Wildman–Crippen LogP) is 3.25. The number of thioether (sulfide) groups is 1. The predicted molar refractivity (Wildman–Crippen MR) is 130 cm³/mol. The first kappa shape index (κ1) is 23.3. The number of hydrogen-bond acceptors (Lipinski definition) is 8.